The van der Waals surface area contributed by atoms with Gasteiger partial charge in [-0.15, -0.1) is 0 Å². The molecule has 1 atom stereocenters. The van der Waals surface area contributed by atoms with E-state index in [1.54, 1.807) is 6.07 Å². The highest BCUT2D eigenvalue weighted by Crippen LogP contribution is 2.20. The fourth-order valence-corrected chi connectivity index (χ4v) is 3.03. The van der Waals surface area contributed by atoms with Crippen molar-refractivity contribution in [2.45, 2.75) is 33.7 Å². The van der Waals surface area contributed by atoms with Gasteiger partial charge in [0.15, 0.2) is 18.1 Å². The molecule has 0 aliphatic carbocycles. The summed E-state index contributed by atoms with van der Waals surface area (Å²) >= 11 is 0. The Morgan fingerprint density at radius 2 is 2.00 bits per heavy atom. The predicted molar refractivity (Wildman–Crippen MR) is 102 cm³/mol. The van der Waals surface area contributed by atoms with E-state index in [1.165, 1.54) is 13.2 Å². The van der Waals surface area contributed by atoms with Crippen LogP contribution in [0.25, 0.3) is 0 Å². The number of methoxy groups -OCH3 is 1. The number of rotatable bonds is 8. The molecule has 2 aromatic rings. The fraction of sp³-hybridized carbons (Fsp3) is 0.381. The van der Waals surface area contributed by atoms with Crippen LogP contribution in [-0.2, 0) is 17.8 Å². The summed E-state index contributed by atoms with van der Waals surface area (Å²) in [4.78, 5) is 13.6. The zero-order valence-electron chi connectivity index (χ0n) is 16.0. The number of hydrogen-bond donors (Lipinski definition) is 2. The summed E-state index contributed by atoms with van der Waals surface area (Å²) in [6.45, 7) is 7.79. The lowest BCUT2D eigenvalue weighted by Gasteiger charge is -2.19. The summed E-state index contributed by atoms with van der Waals surface area (Å²) in [5, 5.41) is 3.06. The van der Waals surface area contributed by atoms with E-state index in [1.807, 2.05) is 38.1 Å². The molecule has 0 saturated heterocycles. The van der Waals surface area contributed by atoms with E-state index in [0.29, 0.717) is 13.1 Å². The van der Waals surface area contributed by atoms with Gasteiger partial charge in [0.25, 0.3) is 5.91 Å². The maximum absolute atomic E-state index is 13.9. The normalized spacial score (nSPS) is 11.9. The molecule has 0 saturated carbocycles. The molecule has 2 rings (SSSR count). The second kappa shape index (κ2) is 9.34. The van der Waals surface area contributed by atoms with Crippen LogP contribution in [0.4, 0.5) is 10.1 Å². The first-order chi connectivity index (χ1) is 12.5. The first kappa shape index (κ1) is 19.9. The number of nitrogens with one attached hydrogen (secondary N) is 2. The Hall–Kier alpha value is -2.40. The molecule has 0 aromatic heterocycles. The Kier molecular flexibility index (Phi) is 7.16. The number of amides is 1. The molecule has 0 aliphatic heterocycles. The number of ether oxygens (including phenoxy) is 1. The van der Waals surface area contributed by atoms with Gasteiger partial charge in [-0.2, -0.15) is 0 Å². The van der Waals surface area contributed by atoms with Crippen LogP contribution in [0, 0.1) is 12.7 Å². The minimum absolute atomic E-state index is 0.0279. The Bertz CT molecular complexity index is 762. The van der Waals surface area contributed by atoms with Crippen LogP contribution in [0.15, 0.2) is 36.4 Å². The van der Waals surface area contributed by atoms with Crippen molar-refractivity contribution in [2.24, 2.45) is 0 Å². The average Bonchev–Trinajstić information content (AvgIpc) is 2.63. The fourth-order valence-electron chi connectivity index (χ4n) is 3.03. The third-order valence-electron chi connectivity index (χ3n) is 4.59. The van der Waals surface area contributed by atoms with Gasteiger partial charge >= 0.3 is 0 Å². The third-order valence-corrected chi connectivity index (χ3v) is 4.59. The van der Waals surface area contributed by atoms with Crippen LogP contribution in [0.3, 0.4) is 0 Å². The number of aryl methyl sites for hydroxylation is 2. The molecule has 1 amide bonds. The molecule has 2 N–H and O–H groups in total. The van der Waals surface area contributed by atoms with Gasteiger partial charge in [0.2, 0.25) is 0 Å². The SMILES string of the molecule is CCc1cccc(C)c1NC(=O)C[NH+](CC)Cc1ccc(OC)c(F)c1. The van der Waals surface area contributed by atoms with Crippen molar-refractivity contribution in [3.8, 4) is 5.75 Å². The summed E-state index contributed by atoms with van der Waals surface area (Å²) < 4.78 is 18.8. The maximum atomic E-state index is 13.9. The molecule has 4 nitrogen and oxygen atoms in total. The first-order valence-corrected chi connectivity index (χ1v) is 9.02. The van der Waals surface area contributed by atoms with E-state index in [2.05, 4.69) is 12.2 Å². The molecule has 0 fully saturated rings. The smallest absolute Gasteiger partial charge is 0.279 e. The number of para-hydroxylation sites is 1. The van der Waals surface area contributed by atoms with Gasteiger partial charge in [0, 0.05) is 11.3 Å². The minimum Gasteiger partial charge on any atom is -0.494 e. The Labute approximate surface area is 155 Å². The average molecular weight is 359 g/mol. The van der Waals surface area contributed by atoms with E-state index in [-0.39, 0.29) is 17.5 Å². The molecule has 0 bridgehead atoms. The van der Waals surface area contributed by atoms with Crippen molar-refractivity contribution in [3.05, 3.63) is 58.9 Å². The molecule has 1 unspecified atom stereocenters. The molecule has 0 radical (unpaired) electrons. The van der Waals surface area contributed by atoms with Crippen molar-refractivity contribution in [2.75, 3.05) is 25.5 Å². The Morgan fingerprint density at radius 1 is 1.23 bits per heavy atom. The molecule has 2 aromatic carbocycles. The highest BCUT2D eigenvalue weighted by Gasteiger charge is 2.16. The van der Waals surface area contributed by atoms with Crippen LogP contribution in [0.5, 0.6) is 5.75 Å². The van der Waals surface area contributed by atoms with Crippen molar-refractivity contribution in [1.82, 2.24) is 0 Å². The van der Waals surface area contributed by atoms with Gasteiger partial charge in [0.05, 0.1) is 13.7 Å². The molecular weight excluding hydrogens is 331 g/mol. The number of hydrogen-bond acceptors (Lipinski definition) is 2. The molecule has 140 valence electrons. The Balaban J connectivity index is 2.03. The van der Waals surface area contributed by atoms with Gasteiger partial charge in [-0.05, 0) is 49.6 Å². The second-order valence-electron chi connectivity index (χ2n) is 6.44. The van der Waals surface area contributed by atoms with Gasteiger partial charge in [0.1, 0.15) is 6.54 Å². The summed E-state index contributed by atoms with van der Waals surface area (Å²) in [6, 6.07) is 11.0. The number of carbonyl (C=O) groups excluding carboxylic acids is 1. The summed E-state index contributed by atoms with van der Waals surface area (Å²) in [5.41, 5.74) is 3.95. The van der Waals surface area contributed by atoms with E-state index >= 15 is 0 Å². The van der Waals surface area contributed by atoms with E-state index in [4.69, 9.17) is 4.74 Å². The second-order valence-corrected chi connectivity index (χ2v) is 6.44. The number of quaternary nitrogens is 1. The standard InChI is InChI=1S/C21H27FN2O2/c1-5-17-9-7-8-15(3)21(17)23-20(25)14-24(6-2)13-16-10-11-19(26-4)18(22)12-16/h7-12H,5-6,13-14H2,1-4H3,(H,23,25)/p+1. The molecule has 26 heavy (non-hydrogen) atoms. The quantitative estimate of drug-likeness (QED) is 0.761. The summed E-state index contributed by atoms with van der Waals surface area (Å²) in [7, 11) is 1.45. The molecule has 0 spiro atoms. The largest absolute Gasteiger partial charge is 0.494 e. The van der Waals surface area contributed by atoms with Crippen molar-refractivity contribution in [1.29, 1.82) is 0 Å². The van der Waals surface area contributed by atoms with Crippen molar-refractivity contribution in [3.63, 3.8) is 0 Å². The molecule has 5 heteroatoms. The zero-order chi connectivity index (χ0) is 19.1. The minimum atomic E-state index is -0.377. The van der Waals surface area contributed by atoms with E-state index in [9.17, 15) is 9.18 Å². The van der Waals surface area contributed by atoms with E-state index in [0.717, 1.165) is 40.2 Å². The number of halogens is 1. The first-order valence-electron chi connectivity index (χ1n) is 9.02. The van der Waals surface area contributed by atoms with E-state index < -0.39 is 0 Å². The third kappa shape index (κ3) is 5.05. The number of carbonyl (C=O) groups is 1. The van der Waals surface area contributed by atoms with Gasteiger partial charge in [-0.3, -0.25) is 4.79 Å². The van der Waals surface area contributed by atoms with Gasteiger partial charge in [-0.25, -0.2) is 4.39 Å². The monoisotopic (exact) mass is 359 g/mol. The maximum Gasteiger partial charge on any atom is 0.279 e. The highest BCUT2D eigenvalue weighted by atomic mass is 19.1. The summed E-state index contributed by atoms with van der Waals surface area (Å²) in [5.74, 6) is -0.173. The lowest BCUT2D eigenvalue weighted by atomic mass is 10.1. The Morgan fingerprint density at radius 3 is 2.62 bits per heavy atom. The van der Waals surface area contributed by atoms with Crippen LogP contribution in [0.2, 0.25) is 0 Å². The van der Waals surface area contributed by atoms with Crippen LogP contribution in [-0.4, -0.2) is 26.1 Å². The number of benzene rings is 2. The zero-order valence-corrected chi connectivity index (χ0v) is 16.0. The topological polar surface area (TPSA) is 42.8 Å². The van der Waals surface area contributed by atoms with Gasteiger partial charge in [-0.1, -0.05) is 25.1 Å². The predicted octanol–water partition coefficient (Wildman–Crippen LogP) is 2.75. The highest BCUT2D eigenvalue weighted by molar-refractivity contribution is 5.93. The lowest BCUT2D eigenvalue weighted by Crippen LogP contribution is -3.11. The molecule has 0 heterocycles. The number of likely N-dealkylation sites (N-methyl/N-ethyl adjacent to an activating group) is 1. The van der Waals surface area contributed by atoms with Crippen LogP contribution in [0.1, 0.15) is 30.5 Å². The van der Waals surface area contributed by atoms with Crippen LogP contribution < -0.4 is 15.0 Å². The van der Waals surface area contributed by atoms with Crippen molar-refractivity contribution >= 4 is 11.6 Å². The van der Waals surface area contributed by atoms with Crippen molar-refractivity contribution < 1.29 is 18.8 Å². The number of anilines is 1. The molecule has 0 aliphatic rings. The molecular formula is C21H28FN2O2+. The summed E-state index contributed by atoms with van der Waals surface area (Å²) in [6.07, 6.45) is 0.868. The van der Waals surface area contributed by atoms with Gasteiger partial charge < -0.3 is 15.0 Å². The lowest BCUT2D eigenvalue weighted by molar-refractivity contribution is -0.903. The van der Waals surface area contributed by atoms with Crippen LogP contribution >= 0.6 is 0 Å².